The lowest BCUT2D eigenvalue weighted by molar-refractivity contribution is -0.108. The topological polar surface area (TPSA) is 64.7 Å². The molecule has 0 bridgehead atoms. The molecule has 38 valence electrons. The van der Waals surface area contributed by atoms with Crippen LogP contribution >= 0.6 is 12.2 Å². The van der Waals surface area contributed by atoms with Crippen molar-refractivity contribution in [2.45, 2.75) is 0 Å². The first kappa shape index (κ1) is 6.74. The number of hydrogen-bond acceptors (Lipinski definition) is 4. The summed E-state index contributed by atoms with van der Waals surface area (Å²) in [5, 5.41) is 15.7. The molecule has 0 aromatic carbocycles. The van der Waals surface area contributed by atoms with Crippen LogP contribution in [0, 0.1) is 22.7 Å². The predicted molar refractivity (Wildman–Crippen MR) is 28.8 cm³/mol. The Balaban J connectivity index is 4.16. The summed E-state index contributed by atoms with van der Waals surface area (Å²) in [5.74, 6) is -0.942. The lowest BCUT2D eigenvalue weighted by Crippen LogP contribution is -2.04. The number of thiocarbonyl (C=S) groups is 1. The number of nitrogens with zero attached hydrogens (tertiary/aromatic N) is 2. The van der Waals surface area contributed by atoms with Gasteiger partial charge in [0.15, 0.2) is 4.86 Å². The summed E-state index contributed by atoms with van der Waals surface area (Å²) in [7, 11) is 0. The van der Waals surface area contributed by atoms with Gasteiger partial charge in [-0.2, -0.15) is 10.5 Å². The molecule has 0 rings (SSSR count). The van der Waals surface area contributed by atoms with Crippen molar-refractivity contribution in [2.75, 3.05) is 0 Å². The first-order valence-electron chi connectivity index (χ1n) is 1.61. The summed E-state index contributed by atoms with van der Waals surface area (Å²) in [6, 6.07) is 2.59. The largest absolute Gasteiger partial charge is 0.283 e. The minimum Gasteiger partial charge on any atom is -0.275 e. The third kappa shape index (κ3) is 1.46. The molecule has 0 heterocycles. The Bertz CT molecular complexity index is 183. The van der Waals surface area contributed by atoms with Crippen LogP contribution in [0.25, 0.3) is 0 Å². The molecule has 8 heavy (non-hydrogen) atoms. The van der Waals surface area contributed by atoms with Crippen molar-refractivity contribution in [2.24, 2.45) is 0 Å². The van der Waals surface area contributed by atoms with Gasteiger partial charge in [-0.05, 0) is 0 Å². The standard InChI is InChI=1S/C4N2OS/c5-1-3(7)4(8)2-6. The number of carbonyl (C=O) groups is 1. The van der Waals surface area contributed by atoms with E-state index in [1.54, 1.807) is 0 Å². The van der Waals surface area contributed by atoms with Crippen LogP contribution in [0.15, 0.2) is 0 Å². The molecular formula is C4N2OS. The molecule has 0 radical (unpaired) electrons. The fraction of sp³-hybridized carbons (Fsp3) is 0. The molecule has 0 spiro atoms. The van der Waals surface area contributed by atoms with E-state index < -0.39 is 10.6 Å². The Labute approximate surface area is 51.1 Å². The highest BCUT2D eigenvalue weighted by atomic mass is 32.1. The number of nitriles is 2. The average molecular weight is 124 g/mol. The lowest BCUT2D eigenvalue weighted by atomic mass is 10.3. The minimum atomic E-state index is -0.942. The van der Waals surface area contributed by atoms with Gasteiger partial charge in [0.2, 0.25) is 0 Å². The molecular weight excluding hydrogens is 124 g/mol. The molecule has 0 aliphatic heterocycles. The van der Waals surface area contributed by atoms with Gasteiger partial charge in [-0.3, -0.25) is 4.79 Å². The van der Waals surface area contributed by atoms with Gasteiger partial charge < -0.3 is 0 Å². The van der Waals surface area contributed by atoms with Gasteiger partial charge in [0.1, 0.15) is 12.1 Å². The van der Waals surface area contributed by atoms with Crippen molar-refractivity contribution < 1.29 is 4.79 Å². The maximum atomic E-state index is 10.0. The Kier molecular flexibility index (Phi) is 2.39. The summed E-state index contributed by atoms with van der Waals surface area (Å²) in [6.45, 7) is 0. The number of rotatable bonds is 1. The summed E-state index contributed by atoms with van der Waals surface area (Å²) >= 11 is 4.14. The Morgan fingerprint density at radius 1 is 1.38 bits per heavy atom. The van der Waals surface area contributed by atoms with E-state index in [1.807, 2.05) is 0 Å². The molecule has 0 saturated carbocycles. The molecule has 0 fully saturated rings. The van der Waals surface area contributed by atoms with Crippen LogP contribution in [-0.4, -0.2) is 10.6 Å². The number of Topliss-reactive ketones (excluding diaryl/α,β-unsaturated/α-hetero) is 1. The van der Waals surface area contributed by atoms with Crippen LogP contribution in [-0.2, 0) is 4.79 Å². The van der Waals surface area contributed by atoms with Crippen LogP contribution in [0.5, 0.6) is 0 Å². The second kappa shape index (κ2) is 2.84. The zero-order valence-corrected chi connectivity index (χ0v) is 4.53. The molecule has 0 aromatic heterocycles. The van der Waals surface area contributed by atoms with Crippen molar-refractivity contribution in [1.82, 2.24) is 0 Å². The molecule has 4 heteroatoms. The van der Waals surface area contributed by atoms with E-state index in [-0.39, 0.29) is 0 Å². The summed E-state index contributed by atoms with van der Waals surface area (Å²) in [5.41, 5.74) is 0. The van der Waals surface area contributed by atoms with Gasteiger partial charge in [-0.25, -0.2) is 0 Å². The zero-order valence-electron chi connectivity index (χ0n) is 3.71. The van der Waals surface area contributed by atoms with Gasteiger partial charge in [0.25, 0.3) is 5.78 Å². The molecule has 0 amide bonds. The van der Waals surface area contributed by atoms with Crippen LogP contribution in [0.1, 0.15) is 0 Å². The Hall–Kier alpha value is -1.26. The first-order valence-corrected chi connectivity index (χ1v) is 2.01. The molecule has 3 nitrogen and oxygen atoms in total. The summed E-state index contributed by atoms with van der Waals surface area (Å²) in [4.78, 5) is 9.54. The van der Waals surface area contributed by atoms with Gasteiger partial charge in [-0.15, -0.1) is 0 Å². The van der Waals surface area contributed by atoms with Gasteiger partial charge in [0.05, 0.1) is 0 Å². The fourth-order valence-corrected chi connectivity index (χ4v) is 0.147. The smallest absolute Gasteiger partial charge is 0.275 e. The first-order chi connectivity index (χ1) is 3.72. The van der Waals surface area contributed by atoms with Gasteiger partial charge in [-0.1, -0.05) is 12.2 Å². The number of ketones is 1. The maximum Gasteiger partial charge on any atom is 0.283 e. The van der Waals surface area contributed by atoms with E-state index in [9.17, 15) is 4.79 Å². The quantitative estimate of drug-likeness (QED) is 0.363. The fourth-order valence-electron chi connectivity index (χ4n) is 0.102. The van der Waals surface area contributed by atoms with E-state index in [0.717, 1.165) is 0 Å². The lowest BCUT2D eigenvalue weighted by Gasteiger charge is -1.71. The zero-order chi connectivity index (χ0) is 6.57. The van der Waals surface area contributed by atoms with E-state index in [4.69, 9.17) is 10.5 Å². The van der Waals surface area contributed by atoms with Crippen LogP contribution in [0.2, 0.25) is 0 Å². The highest BCUT2D eigenvalue weighted by Crippen LogP contribution is 1.74. The SMILES string of the molecule is N#CC(=O)C(=S)C#N. The van der Waals surface area contributed by atoms with E-state index in [2.05, 4.69) is 12.2 Å². The van der Waals surface area contributed by atoms with Crippen LogP contribution in [0.4, 0.5) is 0 Å². The van der Waals surface area contributed by atoms with E-state index in [1.165, 1.54) is 12.1 Å². The number of carbonyl (C=O) groups excluding carboxylic acids is 1. The Morgan fingerprint density at radius 3 is 2.00 bits per heavy atom. The summed E-state index contributed by atoms with van der Waals surface area (Å²) in [6.07, 6.45) is 0. The van der Waals surface area contributed by atoms with E-state index >= 15 is 0 Å². The van der Waals surface area contributed by atoms with E-state index in [0.29, 0.717) is 0 Å². The highest BCUT2D eigenvalue weighted by molar-refractivity contribution is 7.82. The normalized spacial score (nSPS) is 6.25. The predicted octanol–water partition coefficient (Wildman–Crippen LogP) is -0.0274. The second-order valence-corrected chi connectivity index (χ2v) is 1.29. The molecule has 0 aliphatic rings. The summed E-state index contributed by atoms with van der Waals surface area (Å²) < 4.78 is 0. The minimum absolute atomic E-state index is 0.479. The molecule has 0 N–H and O–H groups in total. The van der Waals surface area contributed by atoms with Crippen molar-refractivity contribution in [3.8, 4) is 12.1 Å². The third-order valence-electron chi connectivity index (χ3n) is 0.409. The Morgan fingerprint density at radius 2 is 1.88 bits per heavy atom. The van der Waals surface area contributed by atoms with Gasteiger partial charge >= 0.3 is 0 Å². The average Bonchev–Trinajstić information content (AvgIpc) is 1.84. The molecule has 0 aromatic rings. The molecule has 0 unspecified atom stereocenters. The van der Waals surface area contributed by atoms with Gasteiger partial charge in [0, 0.05) is 0 Å². The third-order valence-corrected chi connectivity index (χ3v) is 0.686. The van der Waals surface area contributed by atoms with Crippen molar-refractivity contribution >= 4 is 22.9 Å². The van der Waals surface area contributed by atoms with Crippen LogP contribution in [0.3, 0.4) is 0 Å². The van der Waals surface area contributed by atoms with Crippen molar-refractivity contribution in [3.05, 3.63) is 0 Å². The molecule has 0 saturated heterocycles. The van der Waals surface area contributed by atoms with Crippen LogP contribution < -0.4 is 0 Å². The second-order valence-electron chi connectivity index (χ2n) is 0.882. The number of hydrogen-bond donors (Lipinski definition) is 0. The van der Waals surface area contributed by atoms with Crippen molar-refractivity contribution in [3.63, 3.8) is 0 Å². The van der Waals surface area contributed by atoms with Crippen molar-refractivity contribution in [1.29, 1.82) is 10.5 Å². The molecule has 0 atom stereocenters. The maximum absolute atomic E-state index is 10.0. The monoisotopic (exact) mass is 124 g/mol. The highest BCUT2D eigenvalue weighted by Gasteiger charge is 2.03. The molecule has 0 aliphatic carbocycles.